The van der Waals surface area contributed by atoms with E-state index in [2.05, 4.69) is 70.2 Å². The van der Waals surface area contributed by atoms with Gasteiger partial charge < -0.3 is 21.7 Å². The van der Waals surface area contributed by atoms with Crippen LogP contribution in [-0.2, 0) is 24.2 Å². The average Bonchev–Trinajstić information content (AvgIpc) is 2.82. The summed E-state index contributed by atoms with van der Waals surface area (Å²) in [5, 5.41) is 0. The van der Waals surface area contributed by atoms with Crippen molar-refractivity contribution in [2.45, 2.75) is 58.2 Å². The Morgan fingerprint density at radius 2 is 1.57 bits per heavy atom. The van der Waals surface area contributed by atoms with Gasteiger partial charge in [-0.25, -0.2) is 0 Å². The smallest absolute Gasteiger partial charge is 0.165 e. The van der Waals surface area contributed by atoms with Crippen LogP contribution in [-0.4, -0.2) is 19.9 Å². The fraction of sp³-hybridized carbons (Fsp3) is 0.556. The number of hydrogen-bond acceptors (Lipinski definition) is 2. The second kappa shape index (κ2) is 8.72. The zero-order valence-corrected chi connectivity index (χ0v) is 20.2. The Bertz CT molecular complexity index is 511. The Morgan fingerprint density at radius 1 is 1.04 bits per heavy atom. The number of fused-ring (bicyclic) bond motifs is 1. The van der Waals surface area contributed by atoms with Gasteiger partial charge in [0, 0.05) is 25.7 Å². The Kier molecular flexibility index (Phi) is 8.61. The Labute approximate surface area is 162 Å². The molecule has 0 unspecified atom stereocenters. The molecule has 0 spiro atoms. The van der Waals surface area contributed by atoms with Crippen LogP contribution in [0.25, 0.3) is 0 Å². The molecule has 2 aliphatic rings. The summed E-state index contributed by atoms with van der Waals surface area (Å²) in [6, 6.07) is 1.28. The second-order valence-electron chi connectivity index (χ2n) is 6.85. The molecule has 0 saturated heterocycles. The van der Waals surface area contributed by atoms with E-state index >= 15 is 0 Å². The zero-order valence-electron chi connectivity index (χ0n) is 15.5. The molecule has 0 aromatic carbocycles. The molecule has 0 fully saturated rings. The maximum absolute atomic E-state index is 5.51. The Morgan fingerprint density at radius 3 is 2.00 bits per heavy atom. The molecule has 5 heteroatoms. The molecule has 0 bridgehead atoms. The third-order valence-electron chi connectivity index (χ3n) is 5.01. The summed E-state index contributed by atoms with van der Waals surface area (Å²) in [7, 11) is 0.0124. The minimum Gasteiger partial charge on any atom is -1.00 e. The van der Waals surface area contributed by atoms with Crippen molar-refractivity contribution >= 4 is 8.24 Å². The molecule has 0 saturated carbocycles. The van der Waals surface area contributed by atoms with E-state index in [1.807, 2.05) is 6.08 Å². The monoisotopic (exact) mass is 401 g/mol. The molecular weight excluding hydrogens is 375 g/mol. The minimum atomic E-state index is -1.72. The van der Waals surface area contributed by atoms with Gasteiger partial charge in [0.25, 0.3) is 0 Å². The van der Waals surface area contributed by atoms with Crippen molar-refractivity contribution in [3.05, 3.63) is 47.5 Å². The first-order valence-corrected chi connectivity index (χ1v) is 10.1. The van der Waals surface area contributed by atoms with Gasteiger partial charge in [0.05, 0.1) is 12.7 Å². The molecule has 1 aliphatic heterocycles. The topological polar surface area (TPSA) is 12.5 Å². The van der Waals surface area contributed by atoms with Crippen molar-refractivity contribution in [1.82, 2.24) is 4.57 Å². The molecule has 2 nitrogen and oxygen atoms in total. The average molecular weight is 403 g/mol. The van der Waals surface area contributed by atoms with Crippen molar-refractivity contribution in [2.24, 2.45) is 0 Å². The summed E-state index contributed by atoms with van der Waals surface area (Å²) in [6.45, 7) is 14.3. The van der Waals surface area contributed by atoms with E-state index in [9.17, 15) is 0 Å². The number of rotatable bonds is 5. The van der Waals surface area contributed by atoms with Gasteiger partial charge in [0.1, 0.15) is 11.8 Å². The fourth-order valence-corrected chi connectivity index (χ4v) is 10.9. The van der Waals surface area contributed by atoms with E-state index in [0.717, 1.165) is 11.3 Å². The largest absolute Gasteiger partial charge is 1.00 e. The first kappa shape index (κ1) is 22.7. The van der Waals surface area contributed by atoms with E-state index in [4.69, 9.17) is 4.74 Å². The van der Waals surface area contributed by atoms with Crippen LogP contribution in [0, 0.1) is 6.04 Å². The molecule has 125 valence electrons. The summed E-state index contributed by atoms with van der Waals surface area (Å²) in [5.74, 6) is 0.922. The Balaban J connectivity index is 0.00000242. The summed E-state index contributed by atoms with van der Waals surface area (Å²) >= 11 is 0. The summed E-state index contributed by atoms with van der Waals surface area (Å²) in [5.41, 5.74) is 6.58. The molecular formula is C18H28ClNOSiZn-. The summed E-state index contributed by atoms with van der Waals surface area (Å²) in [4.78, 5) is 0. The van der Waals surface area contributed by atoms with Gasteiger partial charge in [0.15, 0.2) is 8.24 Å². The van der Waals surface area contributed by atoms with Gasteiger partial charge >= 0.3 is 0 Å². The van der Waals surface area contributed by atoms with Crippen molar-refractivity contribution in [3.8, 4) is 0 Å². The first-order chi connectivity index (χ1) is 9.87. The normalized spacial score (nSPS) is 17.0. The molecule has 0 aromatic rings. The summed E-state index contributed by atoms with van der Waals surface area (Å²) < 4.78 is 8.08. The van der Waals surface area contributed by atoms with Crippen LogP contribution in [0.4, 0.5) is 0 Å². The maximum atomic E-state index is 5.51. The van der Waals surface area contributed by atoms with Crippen LogP contribution in [0.1, 0.15) is 41.5 Å². The molecule has 23 heavy (non-hydrogen) atoms. The first-order valence-electron chi connectivity index (χ1n) is 7.93. The molecule has 1 heterocycles. The minimum absolute atomic E-state index is 0. The Hall–Kier alpha value is -0.270. The predicted molar refractivity (Wildman–Crippen MR) is 92.0 cm³/mol. The van der Waals surface area contributed by atoms with Crippen LogP contribution in [0.2, 0.25) is 16.6 Å². The van der Waals surface area contributed by atoms with Crippen molar-refractivity contribution < 1.29 is 36.6 Å². The zero-order chi connectivity index (χ0) is 15.8. The molecule has 0 N–H and O–H groups in total. The van der Waals surface area contributed by atoms with Crippen LogP contribution in [0.15, 0.2) is 41.5 Å². The molecule has 1 aliphatic carbocycles. The standard InChI is InChI=1S/C18H28NOSi.ClH.Zn/c1-13(2)21(14(3)4,15(5)6)19-12-11-16-17(19)9-8-10-18(16)20-7;;/h8-10,12-15H,1-7H3;1H;/p-1. The van der Waals surface area contributed by atoms with Gasteiger partial charge in [-0.3, -0.25) is 0 Å². The summed E-state index contributed by atoms with van der Waals surface area (Å²) in [6.07, 6.45) is 8.50. The van der Waals surface area contributed by atoms with Crippen LogP contribution >= 0.6 is 0 Å². The fourth-order valence-electron chi connectivity index (χ4n) is 4.39. The van der Waals surface area contributed by atoms with Crippen molar-refractivity contribution in [2.75, 3.05) is 7.11 Å². The molecule has 1 radical (unpaired) electrons. The SMILES string of the molecule is COC1=CC=C[C]2C1=C=CN2[Si](C(C)C)(C(C)C)C(C)C.[Cl-].[Zn]. The van der Waals surface area contributed by atoms with Gasteiger partial charge in [-0.2, -0.15) is 0 Å². The van der Waals surface area contributed by atoms with Crippen LogP contribution < -0.4 is 12.4 Å². The van der Waals surface area contributed by atoms with E-state index in [0.29, 0.717) is 16.6 Å². The third kappa shape index (κ3) is 3.56. The molecule has 0 aromatic heterocycles. The number of halogens is 1. The number of methoxy groups -OCH3 is 1. The van der Waals surface area contributed by atoms with Gasteiger partial charge in [-0.15, -0.1) is 0 Å². The molecule has 2 rings (SSSR count). The van der Waals surface area contributed by atoms with Gasteiger partial charge in [0.2, 0.25) is 0 Å². The quantitative estimate of drug-likeness (QED) is 0.515. The van der Waals surface area contributed by atoms with Gasteiger partial charge in [-0.1, -0.05) is 59.4 Å². The van der Waals surface area contributed by atoms with E-state index < -0.39 is 8.24 Å². The predicted octanol–water partition coefficient (Wildman–Crippen LogP) is 2.15. The van der Waals surface area contributed by atoms with E-state index in [-0.39, 0.29) is 31.9 Å². The third-order valence-corrected chi connectivity index (χ3v) is 11.8. The van der Waals surface area contributed by atoms with Crippen molar-refractivity contribution in [1.29, 1.82) is 0 Å². The van der Waals surface area contributed by atoms with Crippen molar-refractivity contribution in [3.63, 3.8) is 0 Å². The van der Waals surface area contributed by atoms with E-state index in [1.165, 1.54) is 6.04 Å². The second-order valence-corrected chi connectivity index (χ2v) is 12.6. The van der Waals surface area contributed by atoms with Crippen LogP contribution in [0.3, 0.4) is 0 Å². The number of nitrogens with zero attached hydrogens (tertiary/aromatic N) is 1. The number of ether oxygens (including phenoxy) is 1. The molecule has 0 amide bonds. The maximum Gasteiger partial charge on any atom is 0.165 e. The van der Waals surface area contributed by atoms with Crippen LogP contribution in [0.5, 0.6) is 0 Å². The van der Waals surface area contributed by atoms with E-state index in [1.54, 1.807) is 7.11 Å². The molecule has 0 atom stereocenters. The number of allylic oxidation sites excluding steroid dienone is 2. The number of hydrogen-bond donors (Lipinski definition) is 0. The van der Waals surface area contributed by atoms with Gasteiger partial charge in [-0.05, 0) is 22.7 Å².